The molecule has 1 aliphatic heterocycles. The van der Waals surface area contributed by atoms with Crippen LogP contribution >= 0.6 is 11.8 Å². The van der Waals surface area contributed by atoms with Crippen molar-refractivity contribution in [2.24, 2.45) is 0 Å². The molecule has 0 aromatic heterocycles. The molecule has 1 fully saturated rings. The van der Waals surface area contributed by atoms with Crippen molar-refractivity contribution in [3.05, 3.63) is 46.8 Å². The summed E-state index contributed by atoms with van der Waals surface area (Å²) in [5, 5.41) is 3.11. The molecule has 1 aromatic carbocycles. The number of methoxy groups -OCH3 is 1. The Morgan fingerprint density at radius 1 is 1.38 bits per heavy atom. The maximum absolute atomic E-state index is 12.8. The van der Waals surface area contributed by atoms with Gasteiger partial charge in [-0.25, -0.2) is 9.18 Å². The molecule has 2 amide bonds. The van der Waals surface area contributed by atoms with Crippen molar-refractivity contribution >= 4 is 29.5 Å². The smallest absolute Gasteiger partial charge is 0.333 e. The number of amides is 2. The number of hydrogen-bond acceptors (Lipinski definition) is 5. The standard InChI is InChI=1S/C16H17FN2O4S/c1-23-16(22)8-15-19(14(21)10-24-15)9-13(20)18-7-6-11-2-4-12(17)5-3-11/h2-5,8H,6-7,9-10H2,1H3,(H,18,20)/b15-8+. The van der Waals surface area contributed by atoms with Gasteiger partial charge in [-0.1, -0.05) is 23.9 Å². The monoisotopic (exact) mass is 352 g/mol. The molecule has 0 radical (unpaired) electrons. The third kappa shape index (κ3) is 5.09. The zero-order valence-electron chi connectivity index (χ0n) is 13.1. The topological polar surface area (TPSA) is 75.7 Å². The fraction of sp³-hybridized carbons (Fsp3) is 0.312. The van der Waals surface area contributed by atoms with E-state index >= 15 is 0 Å². The number of carbonyl (C=O) groups excluding carboxylic acids is 3. The summed E-state index contributed by atoms with van der Waals surface area (Å²) in [6.45, 7) is 0.216. The summed E-state index contributed by atoms with van der Waals surface area (Å²) in [5.41, 5.74) is 0.899. The number of rotatable bonds is 6. The van der Waals surface area contributed by atoms with Crippen molar-refractivity contribution < 1.29 is 23.5 Å². The van der Waals surface area contributed by atoms with Crippen LogP contribution in [0, 0.1) is 5.82 Å². The summed E-state index contributed by atoms with van der Waals surface area (Å²) in [6.07, 6.45) is 1.75. The number of benzene rings is 1. The predicted octanol–water partition coefficient (Wildman–Crippen LogP) is 1.07. The second-order valence-electron chi connectivity index (χ2n) is 5.00. The first-order chi connectivity index (χ1) is 11.5. The van der Waals surface area contributed by atoms with Crippen LogP contribution in [0.25, 0.3) is 0 Å². The van der Waals surface area contributed by atoms with E-state index in [4.69, 9.17) is 0 Å². The van der Waals surface area contributed by atoms with E-state index in [1.165, 1.54) is 42.0 Å². The number of hydrogen-bond donors (Lipinski definition) is 1. The molecule has 1 N–H and O–H groups in total. The fourth-order valence-corrected chi connectivity index (χ4v) is 2.99. The number of esters is 1. The predicted molar refractivity (Wildman–Crippen MR) is 87.4 cm³/mol. The van der Waals surface area contributed by atoms with Gasteiger partial charge in [0.15, 0.2) is 0 Å². The first kappa shape index (κ1) is 18.0. The van der Waals surface area contributed by atoms with Crippen LogP contribution in [0.4, 0.5) is 4.39 Å². The van der Waals surface area contributed by atoms with Crippen molar-refractivity contribution in [3.63, 3.8) is 0 Å². The van der Waals surface area contributed by atoms with E-state index in [0.717, 1.165) is 5.56 Å². The van der Waals surface area contributed by atoms with Gasteiger partial charge in [-0.2, -0.15) is 0 Å². The van der Waals surface area contributed by atoms with Crippen LogP contribution < -0.4 is 5.32 Å². The van der Waals surface area contributed by atoms with Crippen molar-refractivity contribution in [2.45, 2.75) is 6.42 Å². The van der Waals surface area contributed by atoms with E-state index < -0.39 is 5.97 Å². The van der Waals surface area contributed by atoms with E-state index in [-0.39, 0.29) is 29.9 Å². The number of nitrogens with zero attached hydrogens (tertiary/aromatic N) is 1. The summed E-state index contributed by atoms with van der Waals surface area (Å²) in [5.74, 6) is -1.26. The fourth-order valence-electron chi connectivity index (χ4n) is 2.06. The summed E-state index contributed by atoms with van der Waals surface area (Å²) in [4.78, 5) is 36.3. The Bertz CT molecular complexity index is 661. The van der Waals surface area contributed by atoms with Gasteiger partial charge in [0, 0.05) is 6.54 Å². The summed E-state index contributed by atoms with van der Waals surface area (Å²) >= 11 is 1.19. The van der Waals surface area contributed by atoms with Gasteiger partial charge in [-0.15, -0.1) is 0 Å². The molecule has 128 valence electrons. The Labute approximate surface area is 143 Å². The lowest BCUT2D eigenvalue weighted by Gasteiger charge is -2.16. The highest BCUT2D eigenvalue weighted by atomic mass is 32.2. The molecule has 2 rings (SSSR count). The van der Waals surface area contributed by atoms with Gasteiger partial charge in [-0.3, -0.25) is 14.5 Å². The average Bonchev–Trinajstić information content (AvgIpc) is 2.89. The van der Waals surface area contributed by atoms with Gasteiger partial charge in [0.05, 0.1) is 24.0 Å². The van der Waals surface area contributed by atoms with Gasteiger partial charge in [0.2, 0.25) is 11.8 Å². The number of thioether (sulfide) groups is 1. The molecule has 24 heavy (non-hydrogen) atoms. The molecule has 1 aromatic rings. The van der Waals surface area contributed by atoms with E-state index in [0.29, 0.717) is 18.0 Å². The molecule has 1 heterocycles. The van der Waals surface area contributed by atoms with Crippen molar-refractivity contribution in [1.82, 2.24) is 10.2 Å². The van der Waals surface area contributed by atoms with Crippen LogP contribution in [-0.2, 0) is 25.5 Å². The zero-order valence-corrected chi connectivity index (χ0v) is 13.9. The largest absolute Gasteiger partial charge is 0.466 e. The Hall–Kier alpha value is -2.35. The number of carbonyl (C=O) groups is 3. The minimum atomic E-state index is -0.575. The summed E-state index contributed by atoms with van der Waals surface area (Å²) < 4.78 is 17.3. The lowest BCUT2D eigenvalue weighted by atomic mass is 10.1. The summed E-state index contributed by atoms with van der Waals surface area (Å²) in [7, 11) is 1.24. The molecule has 0 bridgehead atoms. The molecule has 8 heteroatoms. The highest BCUT2D eigenvalue weighted by molar-refractivity contribution is 8.04. The van der Waals surface area contributed by atoms with Crippen molar-refractivity contribution in [1.29, 1.82) is 0 Å². The molecule has 0 unspecified atom stereocenters. The first-order valence-corrected chi connectivity index (χ1v) is 8.22. The zero-order chi connectivity index (χ0) is 17.5. The van der Waals surface area contributed by atoms with Crippen LogP contribution in [0.5, 0.6) is 0 Å². The maximum Gasteiger partial charge on any atom is 0.333 e. The van der Waals surface area contributed by atoms with Gasteiger partial charge in [-0.05, 0) is 24.1 Å². The molecule has 1 saturated heterocycles. The van der Waals surface area contributed by atoms with E-state index in [1.54, 1.807) is 12.1 Å². The quantitative estimate of drug-likeness (QED) is 0.612. The van der Waals surface area contributed by atoms with Crippen LogP contribution in [0.1, 0.15) is 5.56 Å². The molecule has 0 aliphatic carbocycles. The van der Waals surface area contributed by atoms with Crippen LogP contribution in [0.3, 0.4) is 0 Å². The first-order valence-electron chi connectivity index (χ1n) is 7.23. The van der Waals surface area contributed by atoms with E-state index in [1.807, 2.05) is 0 Å². The highest BCUT2D eigenvalue weighted by Crippen LogP contribution is 2.28. The maximum atomic E-state index is 12.8. The van der Waals surface area contributed by atoms with Crippen LogP contribution in [0.15, 0.2) is 35.4 Å². The molecule has 0 saturated carbocycles. The van der Waals surface area contributed by atoms with E-state index in [9.17, 15) is 18.8 Å². The molecular weight excluding hydrogens is 335 g/mol. The lowest BCUT2D eigenvalue weighted by molar-refractivity contribution is -0.135. The van der Waals surface area contributed by atoms with Gasteiger partial charge in [0.25, 0.3) is 0 Å². The molecule has 6 nitrogen and oxygen atoms in total. The third-order valence-electron chi connectivity index (χ3n) is 3.30. The second kappa shape index (κ2) is 8.49. The Kier molecular flexibility index (Phi) is 6.36. The summed E-state index contributed by atoms with van der Waals surface area (Å²) in [6, 6.07) is 6.03. The number of nitrogens with one attached hydrogen (secondary N) is 1. The third-order valence-corrected chi connectivity index (χ3v) is 4.33. The Morgan fingerprint density at radius 3 is 2.75 bits per heavy atom. The SMILES string of the molecule is COC(=O)/C=C1/SCC(=O)N1CC(=O)NCCc1ccc(F)cc1. The van der Waals surface area contributed by atoms with Crippen molar-refractivity contribution in [2.75, 3.05) is 26.0 Å². The minimum absolute atomic E-state index is 0.155. The number of halogens is 1. The molecule has 0 spiro atoms. The molecule has 1 aliphatic rings. The highest BCUT2D eigenvalue weighted by Gasteiger charge is 2.29. The molecule has 0 atom stereocenters. The molecular formula is C16H17FN2O4S. The Balaban J connectivity index is 1.84. The normalized spacial score (nSPS) is 15.7. The lowest BCUT2D eigenvalue weighted by Crippen LogP contribution is -2.38. The average molecular weight is 352 g/mol. The van der Waals surface area contributed by atoms with Crippen molar-refractivity contribution in [3.8, 4) is 0 Å². The Morgan fingerprint density at radius 2 is 2.08 bits per heavy atom. The van der Waals surface area contributed by atoms with Crippen LogP contribution in [0.2, 0.25) is 0 Å². The van der Waals surface area contributed by atoms with Crippen LogP contribution in [-0.4, -0.2) is 48.6 Å². The van der Waals surface area contributed by atoms with E-state index in [2.05, 4.69) is 10.1 Å². The van der Waals surface area contributed by atoms with Gasteiger partial charge in [0.1, 0.15) is 12.4 Å². The minimum Gasteiger partial charge on any atom is -0.466 e. The number of ether oxygens (including phenoxy) is 1. The van der Waals surface area contributed by atoms with Gasteiger partial charge >= 0.3 is 5.97 Å². The second-order valence-corrected chi connectivity index (χ2v) is 6.00. The van der Waals surface area contributed by atoms with Gasteiger partial charge < -0.3 is 10.1 Å².